The lowest BCUT2D eigenvalue weighted by molar-refractivity contribution is -0.140. The van der Waals surface area contributed by atoms with Crippen molar-refractivity contribution in [3.05, 3.63) is 70.3 Å². The molecule has 0 fully saturated rings. The lowest BCUT2D eigenvalue weighted by Gasteiger charge is -2.10. The minimum absolute atomic E-state index is 0.126. The highest BCUT2D eigenvalue weighted by Crippen LogP contribution is 2.34. The number of fused-ring (bicyclic) bond motifs is 1. The fourth-order valence-electron chi connectivity index (χ4n) is 2.25. The fraction of sp³-hybridized carbons (Fsp3) is 0.0625. The molecule has 0 saturated heterocycles. The van der Waals surface area contributed by atoms with Crippen molar-refractivity contribution in [2.24, 2.45) is 0 Å². The van der Waals surface area contributed by atoms with Crippen LogP contribution in [0.5, 0.6) is 0 Å². The summed E-state index contributed by atoms with van der Waals surface area (Å²) in [6.07, 6.45) is -5.08. The van der Waals surface area contributed by atoms with E-state index in [1.165, 1.54) is 12.1 Å². The summed E-state index contributed by atoms with van der Waals surface area (Å²) >= 11 is 0. The monoisotopic (exact) mass is 372 g/mol. The fourth-order valence-corrected chi connectivity index (χ4v) is 3.56. The zero-order chi connectivity index (χ0) is 18.4. The Bertz CT molecular complexity index is 1130. The zero-order valence-electron chi connectivity index (χ0n) is 12.2. The first-order chi connectivity index (χ1) is 11.6. The predicted octanol–water partition coefficient (Wildman–Crippen LogP) is 3.78. The zero-order valence-corrected chi connectivity index (χ0v) is 13.0. The van der Waals surface area contributed by atoms with Crippen molar-refractivity contribution < 1.29 is 30.4 Å². The molecule has 25 heavy (non-hydrogen) atoms. The van der Waals surface area contributed by atoms with Gasteiger partial charge in [-0.2, -0.15) is 13.2 Å². The molecule has 0 unspecified atom stereocenters. The van der Waals surface area contributed by atoms with Crippen LogP contribution in [0.25, 0.3) is 11.0 Å². The topological polar surface area (TPSA) is 64.3 Å². The van der Waals surface area contributed by atoms with Crippen LogP contribution < -0.4 is 5.63 Å². The van der Waals surface area contributed by atoms with E-state index in [0.29, 0.717) is 12.1 Å². The molecule has 3 rings (SSSR count). The van der Waals surface area contributed by atoms with Crippen LogP contribution in [0, 0.1) is 5.82 Å². The smallest absolute Gasteiger partial charge is 0.419 e. The average molecular weight is 372 g/mol. The van der Waals surface area contributed by atoms with Crippen molar-refractivity contribution in [3.63, 3.8) is 0 Å². The number of sulfone groups is 1. The van der Waals surface area contributed by atoms with Crippen LogP contribution in [-0.2, 0) is 16.0 Å². The normalized spacial score (nSPS) is 12.5. The van der Waals surface area contributed by atoms with Crippen LogP contribution in [0.3, 0.4) is 0 Å². The Hall–Kier alpha value is -2.68. The van der Waals surface area contributed by atoms with Crippen LogP contribution in [0.15, 0.2) is 67.5 Å². The summed E-state index contributed by atoms with van der Waals surface area (Å²) in [5.74, 6) is -1.61. The molecule has 130 valence electrons. The Morgan fingerprint density at radius 3 is 2.32 bits per heavy atom. The van der Waals surface area contributed by atoms with E-state index in [4.69, 9.17) is 4.42 Å². The molecule has 0 aliphatic carbocycles. The van der Waals surface area contributed by atoms with Gasteiger partial charge in [0.15, 0.2) is 4.90 Å². The van der Waals surface area contributed by atoms with E-state index in [9.17, 15) is 30.8 Å². The molecule has 0 aliphatic rings. The summed E-state index contributed by atoms with van der Waals surface area (Å²) in [7, 11) is -4.63. The first kappa shape index (κ1) is 17.2. The van der Waals surface area contributed by atoms with Gasteiger partial charge in [0.05, 0.1) is 10.5 Å². The van der Waals surface area contributed by atoms with Gasteiger partial charge in [0.1, 0.15) is 11.4 Å². The van der Waals surface area contributed by atoms with Crippen molar-refractivity contribution in [2.75, 3.05) is 0 Å². The summed E-state index contributed by atoms with van der Waals surface area (Å²) < 4.78 is 81.7. The van der Waals surface area contributed by atoms with Crippen LogP contribution in [0.2, 0.25) is 0 Å². The first-order valence-corrected chi connectivity index (χ1v) is 8.24. The van der Waals surface area contributed by atoms with Gasteiger partial charge in [-0.15, -0.1) is 0 Å². The summed E-state index contributed by atoms with van der Waals surface area (Å²) in [5.41, 5.74) is -2.84. The van der Waals surface area contributed by atoms with Crippen molar-refractivity contribution in [3.8, 4) is 0 Å². The highest BCUT2D eigenvalue weighted by Gasteiger charge is 2.36. The van der Waals surface area contributed by atoms with Crippen molar-refractivity contribution in [1.82, 2.24) is 0 Å². The lowest BCUT2D eigenvalue weighted by atomic mass is 10.2. The van der Waals surface area contributed by atoms with Gasteiger partial charge >= 0.3 is 11.8 Å². The summed E-state index contributed by atoms with van der Waals surface area (Å²) in [5, 5.41) is 0.277. The highest BCUT2D eigenvalue weighted by molar-refractivity contribution is 7.91. The first-order valence-electron chi connectivity index (χ1n) is 6.75. The number of benzene rings is 2. The number of rotatable bonds is 2. The predicted molar refractivity (Wildman–Crippen MR) is 79.3 cm³/mol. The molecule has 0 bridgehead atoms. The number of halogens is 4. The minimum Gasteiger partial charge on any atom is -0.422 e. The Labute approximate surface area is 138 Å². The molecule has 4 nitrogen and oxygen atoms in total. The standard InChI is InChI=1S/C16H8F4O4S/c17-12-6-5-10(8-11(12)16(18,19)20)25(22,23)14-7-9-3-1-2-4-13(9)24-15(14)21/h1-8H. The SMILES string of the molecule is O=c1oc2ccccc2cc1S(=O)(=O)c1ccc(F)c(C(F)(F)F)c1. The van der Waals surface area contributed by atoms with Crippen molar-refractivity contribution in [2.45, 2.75) is 16.0 Å². The van der Waals surface area contributed by atoms with E-state index in [1.807, 2.05) is 0 Å². The second kappa shape index (κ2) is 5.69. The van der Waals surface area contributed by atoms with Crippen LogP contribution >= 0.6 is 0 Å². The van der Waals surface area contributed by atoms with Crippen LogP contribution in [0.1, 0.15) is 5.56 Å². The Balaban J connectivity index is 2.24. The van der Waals surface area contributed by atoms with Crippen LogP contribution in [-0.4, -0.2) is 8.42 Å². The quantitative estimate of drug-likeness (QED) is 0.390. The number of para-hydroxylation sites is 1. The van der Waals surface area contributed by atoms with E-state index in [-0.39, 0.29) is 17.0 Å². The largest absolute Gasteiger partial charge is 0.422 e. The molecule has 2 aromatic carbocycles. The molecule has 1 aromatic heterocycles. The van der Waals surface area contributed by atoms with Gasteiger partial charge in [0, 0.05) is 5.39 Å². The van der Waals surface area contributed by atoms with Gasteiger partial charge in [-0.3, -0.25) is 0 Å². The highest BCUT2D eigenvalue weighted by atomic mass is 32.2. The second-order valence-electron chi connectivity index (χ2n) is 5.08. The Morgan fingerprint density at radius 1 is 0.960 bits per heavy atom. The third kappa shape index (κ3) is 3.02. The van der Waals surface area contributed by atoms with Gasteiger partial charge in [0.25, 0.3) is 0 Å². The van der Waals surface area contributed by atoms with Gasteiger partial charge in [-0.25, -0.2) is 17.6 Å². The molecule has 0 spiro atoms. The molecule has 0 radical (unpaired) electrons. The number of alkyl halides is 3. The van der Waals surface area contributed by atoms with Gasteiger partial charge in [0.2, 0.25) is 9.84 Å². The molecule has 1 heterocycles. The Morgan fingerprint density at radius 2 is 1.64 bits per heavy atom. The van der Waals surface area contributed by atoms with Crippen LogP contribution in [0.4, 0.5) is 17.6 Å². The minimum atomic E-state index is -5.08. The molecule has 9 heteroatoms. The van der Waals surface area contributed by atoms with E-state index in [0.717, 1.165) is 6.07 Å². The maximum Gasteiger partial charge on any atom is 0.419 e. The third-order valence-electron chi connectivity index (χ3n) is 3.45. The molecular weight excluding hydrogens is 364 g/mol. The molecule has 0 N–H and O–H groups in total. The van der Waals surface area contributed by atoms with Gasteiger partial charge in [-0.1, -0.05) is 18.2 Å². The van der Waals surface area contributed by atoms with Crippen molar-refractivity contribution >= 4 is 20.8 Å². The van der Waals surface area contributed by atoms with E-state index >= 15 is 0 Å². The third-order valence-corrected chi connectivity index (χ3v) is 5.19. The molecule has 0 aliphatic heterocycles. The summed E-state index contributed by atoms with van der Waals surface area (Å²) in [6, 6.07) is 8.25. The number of hydrogen-bond acceptors (Lipinski definition) is 4. The van der Waals surface area contributed by atoms with E-state index in [1.54, 1.807) is 12.1 Å². The van der Waals surface area contributed by atoms with E-state index in [2.05, 4.69) is 0 Å². The summed E-state index contributed by atoms with van der Waals surface area (Å²) in [4.78, 5) is 10.3. The molecule has 3 aromatic rings. The average Bonchev–Trinajstić information content (AvgIpc) is 2.53. The molecule has 0 saturated carbocycles. The second-order valence-corrected chi connectivity index (χ2v) is 7.00. The maximum atomic E-state index is 13.3. The number of hydrogen-bond donors (Lipinski definition) is 0. The summed E-state index contributed by atoms with van der Waals surface area (Å²) in [6.45, 7) is 0. The van der Waals surface area contributed by atoms with Crippen molar-refractivity contribution in [1.29, 1.82) is 0 Å². The maximum absolute atomic E-state index is 13.3. The van der Waals surface area contributed by atoms with E-state index < -0.39 is 42.8 Å². The molecular formula is C16H8F4O4S. The molecule has 0 amide bonds. The molecule has 0 atom stereocenters. The van der Waals surface area contributed by atoms with Gasteiger partial charge < -0.3 is 4.42 Å². The Kier molecular flexibility index (Phi) is 3.91. The lowest BCUT2D eigenvalue weighted by Crippen LogP contribution is -2.16. The van der Waals surface area contributed by atoms with Gasteiger partial charge in [-0.05, 0) is 30.3 Å².